The van der Waals surface area contributed by atoms with Crippen molar-refractivity contribution in [2.45, 2.75) is 26.6 Å². The van der Waals surface area contributed by atoms with E-state index >= 15 is 0 Å². The number of halogens is 4. The molecule has 7 heteroatoms. The van der Waals surface area contributed by atoms with Crippen LogP contribution < -0.4 is 10.6 Å². The highest BCUT2D eigenvalue weighted by Gasteiger charge is 2.31. The Labute approximate surface area is 142 Å². The summed E-state index contributed by atoms with van der Waals surface area (Å²) < 4.78 is 51.3. The zero-order chi connectivity index (χ0) is 17.9. The molecule has 2 N–H and O–H groups in total. The maximum atomic E-state index is 13.8. The van der Waals surface area contributed by atoms with E-state index in [1.165, 1.54) is 0 Å². The van der Waals surface area contributed by atoms with E-state index < -0.39 is 17.6 Å². The number of alkyl halides is 3. The number of rotatable bonds is 3. The van der Waals surface area contributed by atoms with Gasteiger partial charge in [-0.15, -0.1) is 0 Å². The van der Waals surface area contributed by atoms with Crippen molar-refractivity contribution < 1.29 is 17.6 Å². The average Bonchev–Trinajstić information content (AvgIpc) is 2.49. The lowest BCUT2D eigenvalue weighted by atomic mass is 10.1. The molecule has 24 heavy (non-hydrogen) atoms. The van der Waals surface area contributed by atoms with E-state index in [1.54, 1.807) is 0 Å². The normalized spacial score (nSPS) is 11.2. The predicted octanol–water partition coefficient (Wildman–Crippen LogP) is 4.95. The molecule has 0 aliphatic heterocycles. The summed E-state index contributed by atoms with van der Waals surface area (Å²) in [7, 11) is 0. The molecule has 2 aromatic rings. The Kier molecular flexibility index (Phi) is 5.43. The third-order valence-electron chi connectivity index (χ3n) is 3.58. The van der Waals surface area contributed by atoms with Crippen LogP contribution in [0.2, 0.25) is 0 Å². The van der Waals surface area contributed by atoms with Crippen molar-refractivity contribution >= 4 is 23.0 Å². The summed E-state index contributed by atoms with van der Waals surface area (Å²) in [5, 5.41) is 5.99. The summed E-state index contributed by atoms with van der Waals surface area (Å²) in [5.74, 6) is -0.925. The Balaban J connectivity index is 1.97. The van der Waals surface area contributed by atoms with Crippen molar-refractivity contribution in [1.29, 1.82) is 0 Å². The molecule has 0 heterocycles. The zero-order valence-corrected chi connectivity index (χ0v) is 13.9. The van der Waals surface area contributed by atoms with E-state index in [-0.39, 0.29) is 17.2 Å². The minimum Gasteiger partial charge on any atom is -0.358 e. The van der Waals surface area contributed by atoms with Crippen molar-refractivity contribution in [3.63, 3.8) is 0 Å². The standard InChI is InChI=1S/C17H16F4N2S/c1-10-3-6-14(7-11(10)2)23-16(24)22-9-12-4-5-13(8-15(12)18)17(19,20)21/h3-8H,9H2,1-2H3,(H2,22,23,24). The number of thiocarbonyl (C=S) groups is 1. The highest BCUT2D eigenvalue weighted by atomic mass is 32.1. The van der Waals surface area contributed by atoms with E-state index in [2.05, 4.69) is 10.6 Å². The van der Waals surface area contributed by atoms with Gasteiger partial charge in [0.25, 0.3) is 0 Å². The smallest absolute Gasteiger partial charge is 0.358 e. The number of nitrogens with one attached hydrogen (secondary N) is 2. The van der Waals surface area contributed by atoms with Gasteiger partial charge >= 0.3 is 6.18 Å². The van der Waals surface area contributed by atoms with Gasteiger partial charge in [0.1, 0.15) is 5.82 Å². The second kappa shape index (κ2) is 7.17. The molecule has 0 aromatic heterocycles. The van der Waals surface area contributed by atoms with Crippen molar-refractivity contribution in [3.05, 3.63) is 64.5 Å². The topological polar surface area (TPSA) is 24.1 Å². The Morgan fingerprint density at radius 2 is 1.75 bits per heavy atom. The molecule has 128 valence electrons. The second-order valence-corrected chi connectivity index (χ2v) is 5.82. The molecule has 0 radical (unpaired) electrons. The van der Waals surface area contributed by atoms with Gasteiger partial charge in [-0.3, -0.25) is 0 Å². The maximum Gasteiger partial charge on any atom is 0.416 e. The number of benzene rings is 2. The molecule has 0 saturated heterocycles. The van der Waals surface area contributed by atoms with Crippen LogP contribution in [0.3, 0.4) is 0 Å². The first-order valence-corrected chi connectivity index (χ1v) is 7.55. The van der Waals surface area contributed by atoms with Crippen molar-refractivity contribution in [2.75, 3.05) is 5.32 Å². The molecule has 0 aliphatic carbocycles. The number of anilines is 1. The van der Waals surface area contributed by atoms with E-state index in [0.717, 1.165) is 28.9 Å². The molecule has 0 bridgehead atoms. The second-order valence-electron chi connectivity index (χ2n) is 5.41. The molecule has 0 unspecified atom stereocenters. The van der Waals surface area contributed by atoms with Crippen molar-refractivity contribution in [1.82, 2.24) is 5.32 Å². The lowest BCUT2D eigenvalue weighted by molar-refractivity contribution is -0.137. The molecule has 0 fully saturated rings. The summed E-state index contributed by atoms with van der Waals surface area (Å²) in [6.45, 7) is 3.94. The van der Waals surface area contributed by atoms with E-state index in [4.69, 9.17) is 12.2 Å². The third-order valence-corrected chi connectivity index (χ3v) is 3.83. The number of hydrogen-bond acceptors (Lipinski definition) is 1. The van der Waals surface area contributed by atoms with Gasteiger partial charge in [0.2, 0.25) is 0 Å². The zero-order valence-electron chi connectivity index (χ0n) is 13.1. The molecule has 0 amide bonds. The number of aryl methyl sites for hydroxylation is 2. The van der Waals surface area contributed by atoms with Gasteiger partial charge < -0.3 is 10.6 Å². The van der Waals surface area contributed by atoms with E-state index in [9.17, 15) is 17.6 Å². The van der Waals surface area contributed by atoms with E-state index in [0.29, 0.717) is 6.07 Å². The first kappa shape index (κ1) is 18.2. The Bertz CT molecular complexity index is 757. The lowest BCUT2D eigenvalue weighted by Gasteiger charge is -2.13. The maximum absolute atomic E-state index is 13.8. The van der Waals surface area contributed by atoms with Crippen LogP contribution >= 0.6 is 12.2 Å². The fourth-order valence-electron chi connectivity index (χ4n) is 2.04. The molecular weight excluding hydrogens is 340 g/mol. The van der Waals surface area contributed by atoms with Gasteiger partial charge in [0, 0.05) is 17.8 Å². The van der Waals surface area contributed by atoms with Crippen LogP contribution in [0.5, 0.6) is 0 Å². The van der Waals surface area contributed by atoms with Gasteiger partial charge in [0.05, 0.1) is 5.56 Å². The summed E-state index contributed by atoms with van der Waals surface area (Å²) in [6.07, 6.45) is -4.56. The summed E-state index contributed by atoms with van der Waals surface area (Å²) in [6, 6.07) is 8.15. The van der Waals surface area contributed by atoms with Crippen LogP contribution in [0.1, 0.15) is 22.3 Å². The summed E-state index contributed by atoms with van der Waals surface area (Å²) in [4.78, 5) is 0. The van der Waals surface area contributed by atoms with Crippen molar-refractivity contribution in [3.8, 4) is 0 Å². The molecular formula is C17H16F4N2S. The first-order valence-electron chi connectivity index (χ1n) is 7.14. The Morgan fingerprint density at radius 3 is 2.33 bits per heavy atom. The molecule has 2 rings (SSSR count). The van der Waals surface area contributed by atoms with Gasteiger partial charge in [0.15, 0.2) is 5.11 Å². The first-order chi connectivity index (χ1) is 11.2. The van der Waals surface area contributed by atoms with E-state index in [1.807, 2.05) is 32.0 Å². The largest absolute Gasteiger partial charge is 0.416 e. The highest BCUT2D eigenvalue weighted by Crippen LogP contribution is 2.30. The Morgan fingerprint density at radius 1 is 1.04 bits per heavy atom. The monoisotopic (exact) mass is 356 g/mol. The molecule has 2 aromatic carbocycles. The lowest BCUT2D eigenvalue weighted by Crippen LogP contribution is -2.28. The minimum atomic E-state index is -4.56. The van der Waals surface area contributed by atoms with Crippen LogP contribution in [0.15, 0.2) is 36.4 Å². The van der Waals surface area contributed by atoms with Crippen LogP contribution in [0.25, 0.3) is 0 Å². The predicted molar refractivity (Wildman–Crippen MR) is 90.4 cm³/mol. The quantitative estimate of drug-likeness (QED) is 0.601. The molecule has 2 nitrogen and oxygen atoms in total. The molecule has 0 aliphatic rings. The SMILES string of the molecule is Cc1ccc(NC(=S)NCc2ccc(C(F)(F)F)cc2F)cc1C. The van der Waals surface area contributed by atoms with Crippen molar-refractivity contribution in [2.24, 2.45) is 0 Å². The average molecular weight is 356 g/mol. The van der Waals surface area contributed by atoms with Gasteiger partial charge in [-0.25, -0.2) is 4.39 Å². The minimum absolute atomic E-state index is 0.0132. The van der Waals surface area contributed by atoms with Gasteiger partial charge in [-0.05, 0) is 61.5 Å². The third kappa shape index (κ3) is 4.67. The van der Waals surface area contributed by atoms with Gasteiger partial charge in [-0.1, -0.05) is 12.1 Å². The van der Waals surface area contributed by atoms with Crippen LogP contribution in [0, 0.1) is 19.7 Å². The fraction of sp³-hybridized carbons (Fsp3) is 0.235. The van der Waals surface area contributed by atoms with Crippen LogP contribution in [0.4, 0.5) is 23.2 Å². The summed E-state index contributed by atoms with van der Waals surface area (Å²) >= 11 is 5.11. The molecule has 0 spiro atoms. The molecule has 0 atom stereocenters. The Hall–Kier alpha value is -2.15. The van der Waals surface area contributed by atoms with Gasteiger partial charge in [-0.2, -0.15) is 13.2 Å². The number of hydrogen-bond donors (Lipinski definition) is 2. The van der Waals surface area contributed by atoms with Crippen LogP contribution in [-0.4, -0.2) is 5.11 Å². The highest BCUT2D eigenvalue weighted by molar-refractivity contribution is 7.80. The summed E-state index contributed by atoms with van der Waals surface area (Å²) in [5.41, 5.74) is 2.11. The van der Waals surface area contributed by atoms with Crippen LogP contribution in [-0.2, 0) is 12.7 Å². The fourth-order valence-corrected chi connectivity index (χ4v) is 2.23. The molecule has 0 saturated carbocycles.